The second kappa shape index (κ2) is 5.05. The lowest BCUT2D eigenvalue weighted by Crippen LogP contribution is -1.99. The lowest BCUT2D eigenvalue weighted by Gasteiger charge is -2.01. The van der Waals surface area contributed by atoms with Crippen LogP contribution in [0.1, 0.15) is 32.3 Å². The van der Waals surface area contributed by atoms with Gasteiger partial charge in [-0.1, -0.05) is 25.4 Å². The molecule has 0 unspecified atom stereocenters. The zero-order valence-electron chi connectivity index (χ0n) is 10.6. The molecule has 1 aliphatic rings. The summed E-state index contributed by atoms with van der Waals surface area (Å²) in [6.07, 6.45) is 6.35. The molecule has 3 nitrogen and oxygen atoms in total. The summed E-state index contributed by atoms with van der Waals surface area (Å²) in [6, 6.07) is 0. The first-order chi connectivity index (χ1) is 8.25. The molecule has 1 aliphatic carbocycles. The number of hydrogen-bond acceptors (Lipinski definition) is 2. The minimum atomic E-state index is 0.562. The Morgan fingerprint density at radius 3 is 2.71 bits per heavy atom. The minimum absolute atomic E-state index is 0.562. The van der Waals surface area contributed by atoms with Crippen molar-refractivity contribution in [3.63, 3.8) is 0 Å². The lowest BCUT2D eigenvalue weighted by molar-refractivity contribution is 0.641. The summed E-state index contributed by atoms with van der Waals surface area (Å²) in [5.41, 5.74) is 2.13. The Hall–Kier alpha value is -1.09. The molecule has 0 saturated heterocycles. The Kier molecular flexibility index (Phi) is 3.67. The van der Waals surface area contributed by atoms with Crippen molar-refractivity contribution in [3.05, 3.63) is 23.2 Å². The second-order valence-corrected chi connectivity index (χ2v) is 4.63. The number of aromatic nitrogens is 3. The van der Waals surface area contributed by atoms with Gasteiger partial charge in [-0.15, -0.1) is 0 Å². The second-order valence-electron chi connectivity index (χ2n) is 4.27. The number of hydrogen-bond donors (Lipinski definition) is 0. The van der Waals surface area contributed by atoms with E-state index in [4.69, 9.17) is 11.6 Å². The molecule has 92 valence electrons. The third kappa shape index (κ3) is 2.44. The topological polar surface area (TPSA) is 30.7 Å². The van der Waals surface area contributed by atoms with Crippen LogP contribution in [0.5, 0.6) is 0 Å². The molecular formula is C13H18ClN3. The van der Waals surface area contributed by atoms with E-state index in [0.717, 1.165) is 29.1 Å². The average molecular weight is 252 g/mol. The van der Waals surface area contributed by atoms with Crippen LogP contribution in [0, 0.1) is 12.8 Å². The molecule has 3 rings (SSSR count). The van der Waals surface area contributed by atoms with E-state index in [0.29, 0.717) is 5.15 Å². The minimum Gasteiger partial charge on any atom is -0.332 e. The summed E-state index contributed by atoms with van der Waals surface area (Å²) in [5.74, 6) is 0.841. The predicted octanol–water partition coefficient (Wildman–Crippen LogP) is 3.83. The van der Waals surface area contributed by atoms with Crippen LogP contribution in [0.15, 0.2) is 12.5 Å². The molecule has 0 amide bonds. The van der Waals surface area contributed by atoms with Gasteiger partial charge in [-0.2, -0.15) is 0 Å². The predicted molar refractivity (Wildman–Crippen MR) is 71.3 cm³/mol. The fourth-order valence-corrected chi connectivity index (χ4v) is 2.27. The quantitative estimate of drug-likeness (QED) is 0.760. The molecule has 2 aromatic heterocycles. The molecule has 0 N–H and O–H groups in total. The van der Waals surface area contributed by atoms with Gasteiger partial charge in [-0.25, -0.2) is 9.97 Å². The van der Waals surface area contributed by atoms with Crippen molar-refractivity contribution in [3.8, 4) is 0 Å². The van der Waals surface area contributed by atoms with E-state index >= 15 is 0 Å². The smallest absolute Gasteiger partial charge is 0.145 e. The van der Waals surface area contributed by atoms with E-state index in [9.17, 15) is 0 Å². The molecule has 0 spiro atoms. The van der Waals surface area contributed by atoms with Crippen molar-refractivity contribution in [1.82, 2.24) is 14.5 Å². The van der Waals surface area contributed by atoms with Gasteiger partial charge < -0.3 is 4.57 Å². The summed E-state index contributed by atoms with van der Waals surface area (Å²) in [7, 11) is 0. The normalized spacial score (nSPS) is 14.6. The summed E-state index contributed by atoms with van der Waals surface area (Å²) >= 11 is 6.06. The number of aryl methyl sites for hydroxylation is 1. The molecule has 2 heterocycles. The van der Waals surface area contributed by atoms with E-state index < -0.39 is 0 Å². The van der Waals surface area contributed by atoms with Crippen LogP contribution in [0.25, 0.3) is 11.0 Å². The number of rotatable bonds is 2. The fourth-order valence-electron chi connectivity index (χ4n) is 1.99. The molecule has 1 fully saturated rings. The van der Waals surface area contributed by atoms with Gasteiger partial charge in [0.05, 0.1) is 5.39 Å². The van der Waals surface area contributed by atoms with Crippen LogP contribution in [0.3, 0.4) is 0 Å². The summed E-state index contributed by atoms with van der Waals surface area (Å²) in [6.45, 7) is 7.12. The number of halogens is 1. The third-order valence-electron chi connectivity index (χ3n) is 2.95. The highest BCUT2D eigenvalue weighted by atomic mass is 35.5. The van der Waals surface area contributed by atoms with Crippen molar-refractivity contribution in [2.75, 3.05) is 0 Å². The zero-order valence-corrected chi connectivity index (χ0v) is 11.3. The molecule has 2 aromatic rings. The molecule has 0 atom stereocenters. The molecule has 0 bridgehead atoms. The Balaban J connectivity index is 0.000000514. The Labute approximate surface area is 107 Å². The van der Waals surface area contributed by atoms with Gasteiger partial charge >= 0.3 is 0 Å². The summed E-state index contributed by atoms with van der Waals surface area (Å²) in [4.78, 5) is 8.33. The van der Waals surface area contributed by atoms with Crippen LogP contribution in [0.4, 0.5) is 0 Å². The maximum Gasteiger partial charge on any atom is 0.145 e. The average Bonchev–Trinajstić information content (AvgIpc) is 3.08. The molecule has 4 heteroatoms. The molecule has 17 heavy (non-hydrogen) atoms. The van der Waals surface area contributed by atoms with Crippen LogP contribution in [0.2, 0.25) is 5.15 Å². The molecular weight excluding hydrogens is 234 g/mol. The summed E-state index contributed by atoms with van der Waals surface area (Å²) in [5, 5.41) is 1.56. The van der Waals surface area contributed by atoms with Crippen molar-refractivity contribution in [2.45, 2.75) is 40.2 Å². The van der Waals surface area contributed by atoms with Gasteiger partial charge in [0.25, 0.3) is 0 Å². The highest BCUT2D eigenvalue weighted by Gasteiger charge is 2.23. The first-order valence-electron chi connectivity index (χ1n) is 6.21. The Morgan fingerprint density at radius 1 is 1.35 bits per heavy atom. The van der Waals surface area contributed by atoms with Gasteiger partial charge in [0.15, 0.2) is 0 Å². The zero-order chi connectivity index (χ0) is 12.4. The van der Waals surface area contributed by atoms with Crippen LogP contribution >= 0.6 is 11.6 Å². The van der Waals surface area contributed by atoms with Crippen LogP contribution in [-0.2, 0) is 6.54 Å². The van der Waals surface area contributed by atoms with E-state index in [1.54, 1.807) is 0 Å². The van der Waals surface area contributed by atoms with Crippen molar-refractivity contribution in [2.24, 2.45) is 5.92 Å². The van der Waals surface area contributed by atoms with Gasteiger partial charge in [0.1, 0.15) is 17.1 Å². The lowest BCUT2D eigenvalue weighted by atomic mass is 10.3. The van der Waals surface area contributed by atoms with E-state index in [2.05, 4.69) is 27.7 Å². The largest absolute Gasteiger partial charge is 0.332 e. The highest BCUT2D eigenvalue weighted by Crippen LogP contribution is 2.33. The van der Waals surface area contributed by atoms with Gasteiger partial charge in [0.2, 0.25) is 0 Å². The van der Waals surface area contributed by atoms with Crippen LogP contribution in [-0.4, -0.2) is 14.5 Å². The van der Waals surface area contributed by atoms with E-state index in [1.807, 2.05) is 13.8 Å². The first-order valence-corrected chi connectivity index (χ1v) is 6.59. The highest BCUT2D eigenvalue weighted by molar-refractivity contribution is 6.34. The number of nitrogens with zero attached hydrogens (tertiary/aromatic N) is 3. The third-order valence-corrected chi connectivity index (χ3v) is 3.24. The number of fused-ring (bicyclic) bond motifs is 1. The van der Waals surface area contributed by atoms with Crippen molar-refractivity contribution < 1.29 is 0 Å². The Morgan fingerprint density at radius 2 is 2.06 bits per heavy atom. The SMILES string of the molecule is CC.Cc1cn(CC2CC2)c2ncnc(Cl)c12. The van der Waals surface area contributed by atoms with E-state index in [-0.39, 0.29) is 0 Å². The van der Waals surface area contributed by atoms with Gasteiger partial charge in [-0.05, 0) is 31.2 Å². The molecule has 1 saturated carbocycles. The van der Waals surface area contributed by atoms with Gasteiger partial charge in [-0.3, -0.25) is 0 Å². The molecule has 0 radical (unpaired) electrons. The molecule has 0 aliphatic heterocycles. The first kappa shape index (κ1) is 12.4. The van der Waals surface area contributed by atoms with Crippen LogP contribution < -0.4 is 0 Å². The van der Waals surface area contributed by atoms with Gasteiger partial charge in [0, 0.05) is 12.7 Å². The fraction of sp³-hybridized carbons (Fsp3) is 0.538. The van der Waals surface area contributed by atoms with Crippen molar-refractivity contribution in [1.29, 1.82) is 0 Å². The maximum atomic E-state index is 6.06. The standard InChI is InChI=1S/C11H12ClN3.C2H6/c1-7-4-15(5-8-2-3-8)11-9(7)10(12)13-6-14-11;1-2/h4,6,8H,2-3,5H2,1H3;1-2H3. The molecule has 0 aromatic carbocycles. The van der Waals surface area contributed by atoms with Crippen molar-refractivity contribution >= 4 is 22.6 Å². The maximum absolute atomic E-state index is 6.06. The Bertz CT molecular complexity index is 515. The van der Waals surface area contributed by atoms with E-state index in [1.165, 1.54) is 19.2 Å². The summed E-state index contributed by atoms with van der Waals surface area (Å²) < 4.78 is 2.20. The monoisotopic (exact) mass is 251 g/mol.